The third kappa shape index (κ3) is 4.20. The Bertz CT molecular complexity index is 1190. The zero-order chi connectivity index (χ0) is 22.7. The molecule has 2 heterocycles. The summed E-state index contributed by atoms with van der Waals surface area (Å²) in [6.45, 7) is 2.32. The molecule has 6 nitrogen and oxygen atoms in total. The van der Waals surface area contributed by atoms with Crippen LogP contribution in [0.15, 0.2) is 72.6 Å². The SMILES string of the molecule is CCOc1ccc(C2=C(Nc3ccc(F)c(F)c3)C(=O)N(Cc3ccccn3)C2=O)cc1. The lowest BCUT2D eigenvalue weighted by Gasteiger charge is -2.14. The van der Waals surface area contributed by atoms with E-state index in [1.54, 1.807) is 48.7 Å². The quantitative estimate of drug-likeness (QED) is 0.565. The zero-order valence-electron chi connectivity index (χ0n) is 17.1. The summed E-state index contributed by atoms with van der Waals surface area (Å²) in [5.41, 5.74) is 1.26. The number of carbonyl (C=O) groups is 2. The van der Waals surface area contributed by atoms with Crippen molar-refractivity contribution in [2.75, 3.05) is 11.9 Å². The molecule has 0 bridgehead atoms. The normalized spacial score (nSPS) is 13.7. The Hall–Kier alpha value is -4.07. The van der Waals surface area contributed by atoms with E-state index in [4.69, 9.17) is 4.74 Å². The molecule has 162 valence electrons. The molecule has 0 aliphatic carbocycles. The Morgan fingerprint density at radius 3 is 2.41 bits per heavy atom. The van der Waals surface area contributed by atoms with Crippen molar-refractivity contribution in [3.05, 3.63) is 95.4 Å². The van der Waals surface area contributed by atoms with Crippen LogP contribution >= 0.6 is 0 Å². The summed E-state index contributed by atoms with van der Waals surface area (Å²) in [7, 11) is 0. The smallest absolute Gasteiger partial charge is 0.278 e. The average Bonchev–Trinajstić information content (AvgIpc) is 3.02. The number of hydrogen-bond acceptors (Lipinski definition) is 5. The van der Waals surface area contributed by atoms with Crippen molar-refractivity contribution in [3.63, 3.8) is 0 Å². The van der Waals surface area contributed by atoms with Crippen LogP contribution in [0.4, 0.5) is 14.5 Å². The van der Waals surface area contributed by atoms with Crippen molar-refractivity contribution in [2.45, 2.75) is 13.5 Å². The van der Waals surface area contributed by atoms with Gasteiger partial charge in [0.15, 0.2) is 11.6 Å². The summed E-state index contributed by atoms with van der Waals surface area (Å²) in [6.07, 6.45) is 1.57. The van der Waals surface area contributed by atoms with E-state index < -0.39 is 23.4 Å². The maximum Gasteiger partial charge on any atom is 0.278 e. The number of pyridine rings is 1. The molecule has 0 fully saturated rings. The lowest BCUT2D eigenvalue weighted by Crippen LogP contribution is -2.32. The molecular weight excluding hydrogens is 416 g/mol. The number of halogens is 2. The van der Waals surface area contributed by atoms with Crippen LogP contribution in [-0.4, -0.2) is 28.3 Å². The minimum absolute atomic E-state index is 0.0258. The van der Waals surface area contributed by atoms with Crippen LogP contribution in [0.5, 0.6) is 5.75 Å². The molecule has 8 heteroatoms. The van der Waals surface area contributed by atoms with Gasteiger partial charge in [-0.3, -0.25) is 19.5 Å². The first-order valence-corrected chi connectivity index (χ1v) is 9.93. The number of nitrogens with zero attached hydrogens (tertiary/aromatic N) is 2. The van der Waals surface area contributed by atoms with Gasteiger partial charge in [-0.25, -0.2) is 8.78 Å². The van der Waals surface area contributed by atoms with Crippen LogP contribution in [0.2, 0.25) is 0 Å². The number of hydrogen-bond donors (Lipinski definition) is 1. The van der Waals surface area contributed by atoms with E-state index in [-0.39, 0.29) is 23.5 Å². The van der Waals surface area contributed by atoms with Crippen LogP contribution in [0.25, 0.3) is 5.57 Å². The van der Waals surface area contributed by atoms with E-state index >= 15 is 0 Å². The summed E-state index contributed by atoms with van der Waals surface area (Å²) in [5, 5.41) is 2.80. The Labute approximate surface area is 183 Å². The number of ether oxygens (including phenoxy) is 1. The van der Waals surface area contributed by atoms with Gasteiger partial charge in [0.1, 0.15) is 11.4 Å². The van der Waals surface area contributed by atoms with Gasteiger partial charge in [-0.05, 0) is 48.9 Å². The van der Waals surface area contributed by atoms with Crippen molar-refractivity contribution in [3.8, 4) is 5.75 Å². The molecule has 0 unspecified atom stereocenters. The number of rotatable bonds is 7. The van der Waals surface area contributed by atoms with Gasteiger partial charge in [-0.2, -0.15) is 0 Å². The van der Waals surface area contributed by atoms with E-state index in [1.165, 1.54) is 6.07 Å². The molecule has 3 aromatic rings. The van der Waals surface area contributed by atoms with Gasteiger partial charge in [0, 0.05) is 18.0 Å². The lowest BCUT2D eigenvalue weighted by molar-refractivity contribution is -0.137. The van der Waals surface area contributed by atoms with Crippen LogP contribution in [0.3, 0.4) is 0 Å². The fourth-order valence-electron chi connectivity index (χ4n) is 3.36. The van der Waals surface area contributed by atoms with Crippen molar-refractivity contribution in [2.24, 2.45) is 0 Å². The second-order valence-electron chi connectivity index (χ2n) is 6.98. The van der Waals surface area contributed by atoms with Crippen molar-refractivity contribution >= 4 is 23.1 Å². The number of nitrogens with one attached hydrogen (secondary N) is 1. The Morgan fingerprint density at radius 2 is 1.75 bits per heavy atom. The van der Waals surface area contributed by atoms with Crippen molar-refractivity contribution < 1.29 is 23.1 Å². The minimum Gasteiger partial charge on any atom is -0.494 e. The van der Waals surface area contributed by atoms with Gasteiger partial charge in [-0.1, -0.05) is 18.2 Å². The molecule has 0 saturated carbocycles. The Morgan fingerprint density at radius 1 is 0.969 bits per heavy atom. The summed E-state index contributed by atoms with van der Waals surface area (Å²) >= 11 is 0. The number of anilines is 1. The maximum atomic E-state index is 13.7. The Balaban J connectivity index is 1.73. The van der Waals surface area contributed by atoms with Gasteiger partial charge < -0.3 is 10.1 Å². The summed E-state index contributed by atoms with van der Waals surface area (Å²) in [4.78, 5) is 31.7. The van der Waals surface area contributed by atoms with E-state index in [2.05, 4.69) is 10.3 Å². The predicted molar refractivity (Wildman–Crippen MR) is 114 cm³/mol. The van der Waals surface area contributed by atoms with Crippen LogP contribution < -0.4 is 10.1 Å². The highest BCUT2D eigenvalue weighted by Gasteiger charge is 2.39. The van der Waals surface area contributed by atoms with E-state index in [9.17, 15) is 18.4 Å². The molecule has 0 atom stereocenters. The van der Waals surface area contributed by atoms with Gasteiger partial charge in [0.25, 0.3) is 11.8 Å². The predicted octanol–water partition coefficient (Wildman–Crippen LogP) is 4.15. The molecule has 2 aromatic carbocycles. The molecule has 0 radical (unpaired) electrons. The maximum absolute atomic E-state index is 13.7. The first-order chi connectivity index (χ1) is 15.5. The van der Waals surface area contributed by atoms with Crippen LogP contribution in [-0.2, 0) is 16.1 Å². The standard InChI is InChI=1S/C24H19F2N3O3/c1-2-32-18-9-6-15(7-10-18)21-22(28-16-8-11-19(25)20(26)13-16)24(31)29(23(21)30)14-17-5-3-4-12-27-17/h3-13,28H,2,14H2,1H3. The molecule has 4 rings (SSSR count). The highest BCUT2D eigenvalue weighted by atomic mass is 19.2. The van der Waals surface area contributed by atoms with Crippen molar-refractivity contribution in [1.29, 1.82) is 0 Å². The summed E-state index contributed by atoms with van der Waals surface area (Å²) in [6, 6.07) is 15.1. The molecule has 1 aromatic heterocycles. The molecule has 0 spiro atoms. The third-order valence-electron chi connectivity index (χ3n) is 4.86. The largest absolute Gasteiger partial charge is 0.494 e. The number of imide groups is 1. The monoisotopic (exact) mass is 435 g/mol. The molecule has 32 heavy (non-hydrogen) atoms. The van der Waals surface area contributed by atoms with Gasteiger partial charge >= 0.3 is 0 Å². The summed E-state index contributed by atoms with van der Waals surface area (Å²) < 4.78 is 32.5. The van der Waals surface area contributed by atoms with E-state index in [0.29, 0.717) is 23.6 Å². The third-order valence-corrected chi connectivity index (χ3v) is 4.86. The average molecular weight is 435 g/mol. The molecule has 2 amide bonds. The van der Waals surface area contributed by atoms with Gasteiger partial charge in [0.05, 0.1) is 24.4 Å². The molecular formula is C24H19F2N3O3. The first kappa shape index (κ1) is 21.2. The van der Waals surface area contributed by atoms with Crippen LogP contribution in [0.1, 0.15) is 18.2 Å². The highest BCUT2D eigenvalue weighted by Crippen LogP contribution is 2.32. The van der Waals surface area contributed by atoms with Crippen molar-refractivity contribution in [1.82, 2.24) is 9.88 Å². The Kier molecular flexibility index (Phi) is 5.93. The number of aromatic nitrogens is 1. The number of amides is 2. The fraction of sp³-hybridized carbons (Fsp3) is 0.125. The van der Waals surface area contributed by atoms with Gasteiger partial charge in [-0.15, -0.1) is 0 Å². The summed E-state index contributed by atoms with van der Waals surface area (Å²) in [5.74, 6) is -2.57. The van der Waals surface area contributed by atoms with Crippen LogP contribution in [0, 0.1) is 11.6 Å². The second-order valence-corrected chi connectivity index (χ2v) is 6.98. The minimum atomic E-state index is -1.07. The molecule has 1 aliphatic heterocycles. The highest BCUT2D eigenvalue weighted by molar-refractivity contribution is 6.36. The number of carbonyl (C=O) groups excluding carboxylic acids is 2. The number of benzene rings is 2. The lowest BCUT2D eigenvalue weighted by atomic mass is 10.0. The fourth-order valence-corrected chi connectivity index (χ4v) is 3.36. The topological polar surface area (TPSA) is 71.5 Å². The molecule has 1 aliphatic rings. The van der Waals surface area contributed by atoms with E-state index in [1.807, 2.05) is 6.92 Å². The molecule has 1 N–H and O–H groups in total. The zero-order valence-corrected chi connectivity index (χ0v) is 17.1. The molecule has 0 saturated heterocycles. The first-order valence-electron chi connectivity index (χ1n) is 9.93. The van der Waals surface area contributed by atoms with E-state index in [0.717, 1.165) is 17.0 Å². The van der Waals surface area contributed by atoms with Gasteiger partial charge in [0.2, 0.25) is 0 Å². The second kappa shape index (κ2) is 8.97.